The minimum Gasteiger partial charge on any atom is -0.464 e. The van der Waals surface area contributed by atoms with Gasteiger partial charge < -0.3 is 9.73 Å². The van der Waals surface area contributed by atoms with Crippen LogP contribution in [0.2, 0.25) is 10.0 Å². The Balaban J connectivity index is 2.35. The summed E-state index contributed by atoms with van der Waals surface area (Å²) in [5.74, 6) is 1.88. The van der Waals surface area contributed by atoms with Gasteiger partial charge in [0.25, 0.3) is 0 Å². The number of hydrogen-bond acceptors (Lipinski definition) is 2. The van der Waals surface area contributed by atoms with E-state index in [2.05, 4.69) is 19.2 Å². The first-order valence-electron chi connectivity index (χ1n) is 6.92. The maximum Gasteiger partial charge on any atom is 0.125 e. The predicted octanol–water partition coefficient (Wildman–Crippen LogP) is 5.24. The van der Waals surface area contributed by atoms with Crippen LogP contribution in [0.3, 0.4) is 0 Å². The average molecular weight is 312 g/mol. The average Bonchev–Trinajstić information content (AvgIpc) is 2.87. The van der Waals surface area contributed by atoms with Crippen LogP contribution in [-0.2, 0) is 6.42 Å². The maximum absolute atomic E-state index is 6.11. The molecule has 20 heavy (non-hydrogen) atoms. The third-order valence-electron chi connectivity index (χ3n) is 3.13. The van der Waals surface area contributed by atoms with Gasteiger partial charge in [0.05, 0.1) is 6.04 Å². The Bertz CT molecular complexity index is 545. The van der Waals surface area contributed by atoms with Crippen molar-refractivity contribution < 1.29 is 4.42 Å². The lowest BCUT2D eigenvalue weighted by Crippen LogP contribution is -2.22. The van der Waals surface area contributed by atoms with E-state index in [1.54, 1.807) is 6.07 Å². The molecule has 108 valence electrons. The van der Waals surface area contributed by atoms with Crippen molar-refractivity contribution in [3.63, 3.8) is 0 Å². The van der Waals surface area contributed by atoms with Crippen molar-refractivity contribution in [3.05, 3.63) is 57.5 Å². The Morgan fingerprint density at radius 2 is 1.80 bits per heavy atom. The molecule has 1 aromatic heterocycles. The fraction of sp³-hybridized carbons (Fsp3) is 0.375. The highest BCUT2D eigenvalue weighted by Gasteiger charge is 2.18. The van der Waals surface area contributed by atoms with Gasteiger partial charge in [-0.3, -0.25) is 0 Å². The number of nitrogens with one attached hydrogen (secondary N) is 1. The first-order chi connectivity index (χ1) is 9.63. The molecule has 0 saturated carbocycles. The van der Waals surface area contributed by atoms with Crippen LogP contribution in [0, 0.1) is 0 Å². The summed E-state index contributed by atoms with van der Waals surface area (Å²) in [5.41, 5.74) is 1.02. The van der Waals surface area contributed by atoms with Crippen LogP contribution in [0.5, 0.6) is 0 Å². The quantitative estimate of drug-likeness (QED) is 0.789. The fourth-order valence-corrected chi connectivity index (χ4v) is 2.70. The van der Waals surface area contributed by atoms with E-state index in [0.29, 0.717) is 10.0 Å². The molecule has 1 heterocycles. The van der Waals surface area contributed by atoms with Crippen molar-refractivity contribution in [2.75, 3.05) is 6.54 Å². The lowest BCUT2D eigenvalue weighted by Gasteiger charge is -2.17. The van der Waals surface area contributed by atoms with Gasteiger partial charge in [-0.25, -0.2) is 0 Å². The van der Waals surface area contributed by atoms with Gasteiger partial charge >= 0.3 is 0 Å². The van der Waals surface area contributed by atoms with Crippen LogP contribution in [0.1, 0.15) is 43.4 Å². The summed E-state index contributed by atoms with van der Waals surface area (Å²) in [5, 5.41) is 4.76. The van der Waals surface area contributed by atoms with E-state index in [0.717, 1.165) is 36.5 Å². The molecule has 0 bridgehead atoms. The monoisotopic (exact) mass is 311 g/mol. The van der Waals surface area contributed by atoms with Gasteiger partial charge in [0.2, 0.25) is 0 Å². The van der Waals surface area contributed by atoms with Crippen molar-refractivity contribution in [3.8, 4) is 0 Å². The van der Waals surface area contributed by atoms with E-state index in [1.807, 2.05) is 24.3 Å². The molecule has 4 heteroatoms. The molecule has 2 aromatic rings. The number of benzene rings is 1. The molecule has 0 saturated heterocycles. The largest absolute Gasteiger partial charge is 0.464 e. The second-order valence-electron chi connectivity index (χ2n) is 4.75. The molecule has 0 spiro atoms. The first-order valence-corrected chi connectivity index (χ1v) is 7.67. The van der Waals surface area contributed by atoms with Crippen molar-refractivity contribution in [1.29, 1.82) is 0 Å². The van der Waals surface area contributed by atoms with Crippen LogP contribution in [0.25, 0.3) is 0 Å². The molecule has 0 aliphatic carbocycles. The molecule has 1 N–H and O–H groups in total. The standard InChI is InChI=1S/C16H19Cl2NO/c1-3-7-19-16(15-6-5-14(4-2)20-15)11-8-12(17)10-13(18)9-11/h5-6,8-10,16,19H,3-4,7H2,1-2H3. The summed E-state index contributed by atoms with van der Waals surface area (Å²) in [6.45, 7) is 5.11. The first kappa shape index (κ1) is 15.4. The number of aryl methyl sites for hydroxylation is 1. The maximum atomic E-state index is 6.11. The summed E-state index contributed by atoms with van der Waals surface area (Å²) in [6, 6.07) is 9.60. The van der Waals surface area contributed by atoms with E-state index in [1.165, 1.54) is 0 Å². The highest BCUT2D eigenvalue weighted by Crippen LogP contribution is 2.29. The second-order valence-corrected chi connectivity index (χ2v) is 5.62. The van der Waals surface area contributed by atoms with Gasteiger partial charge in [0, 0.05) is 16.5 Å². The zero-order valence-electron chi connectivity index (χ0n) is 11.7. The van der Waals surface area contributed by atoms with Crippen LogP contribution in [0.15, 0.2) is 34.7 Å². The Kier molecular flexibility index (Phi) is 5.53. The minimum absolute atomic E-state index is 0.0218. The zero-order chi connectivity index (χ0) is 14.5. The van der Waals surface area contributed by atoms with E-state index >= 15 is 0 Å². The molecular formula is C16H19Cl2NO. The van der Waals surface area contributed by atoms with Crippen LogP contribution in [0.4, 0.5) is 0 Å². The summed E-state index contributed by atoms with van der Waals surface area (Å²) >= 11 is 12.2. The Morgan fingerprint density at radius 1 is 1.10 bits per heavy atom. The molecule has 0 amide bonds. The Morgan fingerprint density at radius 3 is 2.35 bits per heavy atom. The lowest BCUT2D eigenvalue weighted by molar-refractivity contribution is 0.422. The Labute approximate surface area is 130 Å². The summed E-state index contributed by atoms with van der Waals surface area (Å²) < 4.78 is 5.88. The topological polar surface area (TPSA) is 25.2 Å². The zero-order valence-corrected chi connectivity index (χ0v) is 13.3. The molecule has 0 aliphatic heterocycles. The predicted molar refractivity (Wildman–Crippen MR) is 84.7 cm³/mol. The van der Waals surface area contributed by atoms with E-state index in [-0.39, 0.29) is 6.04 Å². The summed E-state index contributed by atoms with van der Waals surface area (Å²) in [7, 11) is 0. The van der Waals surface area contributed by atoms with Gasteiger partial charge in [-0.15, -0.1) is 0 Å². The van der Waals surface area contributed by atoms with Gasteiger partial charge in [0.15, 0.2) is 0 Å². The van der Waals surface area contributed by atoms with Gasteiger partial charge in [-0.2, -0.15) is 0 Å². The van der Waals surface area contributed by atoms with Gasteiger partial charge in [-0.1, -0.05) is 37.0 Å². The van der Waals surface area contributed by atoms with Crippen LogP contribution < -0.4 is 5.32 Å². The Hall–Kier alpha value is -0.960. The number of hydrogen-bond donors (Lipinski definition) is 1. The van der Waals surface area contributed by atoms with E-state index in [9.17, 15) is 0 Å². The molecule has 2 rings (SSSR count). The fourth-order valence-electron chi connectivity index (χ4n) is 2.15. The highest BCUT2D eigenvalue weighted by atomic mass is 35.5. The van der Waals surface area contributed by atoms with Gasteiger partial charge in [0.1, 0.15) is 11.5 Å². The molecular weight excluding hydrogens is 293 g/mol. The van der Waals surface area contributed by atoms with Crippen LogP contribution >= 0.6 is 23.2 Å². The molecule has 1 aromatic carbocycles. The molecule has 0 aliphatic rings. The normalized spacial score (nSPS) is 12.6. The van der Waals surface area contributed by atoms with Gasteiger partial charge in [-0.05, 0) is 48.9 Å². The molecule has 1 atom stereocenters. The molecule has 2 nitrogen and oxygen atoms in total. The summed E-state index contributed by atoms with van der Waals surface area (Å²) in [6.07, 6.45) is 1.93. The van der Waals surface area contributed by atoms with Crippen molar-refractivity contribution in [2.24, 2.45) is 0 Å². The van der Waals surface area contributed by atoms with Crippen molar-refractivity contribution in [2.45, 2.75) is 32.7 Å². The highest BCUT2D eigenvalue weighted by molar-refractivity contribution is 6.34. The SMILES string of the molecule is CCCNC(c1cc(Cl)cc(Cl)c1)c1ccc(CC)o1. The third-order valence-corrected chi connectivity index (χ3v) is 3.57. The lowest BCUT2D eigenvalue weighted by atomic mass is 10.0. The molecule has 0 radical (unpaired) electrons. The second kappa shape index (κ2) is 7.16. The van der Waals surface area contributed by atoms with Crippen LogP contribution in [-0.4, -0.2) is 6.54 Å². The molecule has 0 fully saturated rings. The van der Waals surface area contributed by atoms with Crippen molar-refractivity contribution in [1.82, 2.24) is 5.32 Å². The van der Waals surface area contributed by atoms with E-state index in [4.69, 9.17) is 27.6 Å². The number of halogens is 2. The number of rotatable bonds is 6. The van der Waals surface area contributed by atoms with Crippen molar-refractivity contribution >= 4 is 23.2 Å². The number of furan rings is 1. The third kappa shape index (κ3) is 3.78. The molecule has 1 unspecified atom stereocenters. The minimum atomic E-state index is -0.0218. The summed E-state index contributed by atoms with van der Waals surface area (Å²) in [4.78, 5) is 0. The smallest absolute Gasteiger partial charge is 0.125 e. The van der Waals surface area contributed by atoms with E-state index < -0.39 is 0 Å².